The molecule has 1 heterocycles. The first-order chi connectivity index (χ1) is 5.36. The summed E-state index contributed by atoms with van der Waals surface area (Å²) in [6.07, 6.45) is 0. The Bertz CT molecular complexity index is 123. The summed E-state index contributed by atoms with van der Waals surface area (Å²) in [6, 6.07) is 0. The minimum Gasteiger partial charge on any atom is -0.395 e. The van der Waals surface area contributed by atoms with Crippen molar-refractivity contribution >= 4 is 0 Å². The number of piperazine rings is 1. The zero-order chi connectivity index (χ0) is 8.10. The van der Waals surface area contributed by atoms with Gasteiger partial charge in [-0.3, -0.25) is 9.91 Å². The van der Waals surface area contributed by atoms with Gasteiger partial charge >= 0.3 is 0 Å². The standard InChI is InChI=1S/C6H13N3O2/c10-6-5-8-1-3-9(7-11)4-2-8/h10H,1-6H2. The largest absolute Gasteiger partial charge is 0.395 e. The lowest BCUT2D eigenvalue weighted by Crippen LogP contribution is -2.44. The van der Waals surface area contributed by atoms with Gasteiger partial charge in [-0.1, -0.05) is 0 Å². The second-order valence-electron chi connectivity index (χ2n) is 2.60. The Morgan fingerprint density at radius 3 is 2.36 bits per heavy atom. The summed E-state index contributed by atoms with van der Waals surface area (Å²) in [6.45, 7) is 3.91. The third-order valence-corrected chi connectivity index (χ3v) is 1.88. The minimum absolute atomic E-state index is 0.189. The summed E-state index contributed by atoms with van der Waals surface area (Å²) in [5.41, 5.74) is 0. The maximum Gasteiger partial charge on any atom is 0.0558 e. The molecule has 1 fully saturated rings. The molecule has 1 rings (SSSR count). The quantitative estimate of drug-likeness (QED) is 0.552. The molecule has 1 saturated heterocycles. The number of aliphatic hydroxyl groups excluding tert-OH is 1. The molecule has 1 N–H and O–H groups in total. The number of aliphatic hydroxyl groups is 1. The minimum atomic E-state index is 0.189. The average molecular weight is 159 g/mol. The van der Waals surface area contributed by atoms with E-state index in [1.54, 1.807) is 0 Å². The van der Waals surface area contributed by atoms with Gasteiger partial charge in [-0.15, -0.1) is 4.91 Å². The number of hydrogen-bond acceptors (Lipinski definition) is 4. The van der Waals surface area contributed by atoms with Crippen molar-refractivity contribution in [1.29, 1.82) is 0 Å². The Kier molecular flexibility index (Phi) is 3.25. The highest BCUT2D eigenvalue weighted by Crippen LogP contribution is 2.00. The van der Waals surface area contributed by atoms with Gasteiger partial charge in [0.1, 0.15) is 0 Å². The molecule has 0 radical (unpaired) electrons. The highest BCUT2D eigenvalue weighted by atomic mass is 16.3. The van der Waals surface area contributed by atoms with Crippen LogP contribution in [0, 0.1) is 4.91 Å². The molecular formula is C6H13N3O2. The van der Waals surface area contributed by atoms with E-state index in [9.17, 15) is 4.91 Å². The number of hydrogen-bond donors (Lipinski definition) is 1. The lowest BCUT2D eigenvalue weighted by molar-refractivity contribution is 0.114. The SMILES string of the molecule is O=NN1CCN(CCO)CC1. The molecule has 1 aliphatic rings. The Hall–Kier alpha value is -0.680. The van der Waals surface area contributed by atoms with E-state index in [0.717, 1.165) is 13.1 Å². The van der Waals surface area contributed by atoms with E-state index >= 15 is 0 Å². The molecule has 5 heteroatoms. The molecule has 0 unspecified atom stereocenters. The van der Waals surface area contributed by atoms with Crippen molar-refractivity contribution in [3.8, 4) is 0 Å². The zero-order valence-electron chi connectivity index (χ0n) is 6.44. The van der Waals surface area contributed by atoms with Crippen LogP contribution >= 0.6 is 0 Å². The van der Waals surface area contributed by atoms with Gasteiger partial charge < -0.3 is 5.11 Å². The molecule has 0 spiro atoms. The van der Waals surface area contributed by atoms with Gasteiger partial charge in [-0.05, 0) is 0 Å². The fraction of sp³-hybridized carbons (Fsp3) is 1.00. The molecule has 1 aliphatic heterocycles. The third-order valence-electron chi connectivity index (χ3n) is 1.88. The van der Waals surface area contributed by atoms with E-state index in [-0.39, 0.29) is 6.61 Å². The van der Waals surface area contributed by atoms with Crippen molar-refractivity contribution in [3.05, 3.63) is 4.91 Å². The van der Waals surface area contributed by atoms with Crippen LogP contribution in [0.1, 0.15) is 0 Å². The molecular weight excluding hydrogens is 146 g/mol. The fourth-order valence-electron chi connectivity index (χ4n) is 1.18. The van der Waals surface area contributed by atoms with Crippen LogP contribution in [0.3, 0.4) is 0 Å². The van der Waals surface area contributed by atoms with Gasteiger partial charge in [-0.25, -0.2) is 0 Å². The Morgan fingerprint density at radius 2 is 1.91 bits per heavy atom. The monoisotopic (exact) mass is 159 g/mol. The maximum absolute atomic E-state index is 10.0. The van der Waals surface area contributed by atoms with Crippen LogP contribution < -0.4 is 0 Å². The number of rotatable bonds is 3. The van der Waals surface area contributed by atoms with E-state index < -0.39 is 0 Å². The smallest absolute Gasteiger partial charge is 0.0558 e. The first kappa shape index (κ1) is 8.42. The van der Waals surface area contributed by atoms with Crippen molar-refractivity contribution in [2.24, 2.45) is 5.29 Å². The Labute approximate surface area is 65.5 Å². The Balaban J connectivity index is 2.18. The lowest BCUT2D eigenvalue weighted by Gasteiger charge is -2.30. The van der Waals surface area contributed by atoms with Gasteiger partial charge in [0, 0.05) is 19.6 Å². The summed E-state index contributed by atoms with van der Waals surface area (Å²) in [5.74, 6) is 0. The molecule has 0 saturated carbocycles. The van der Waals surface area contributed by atoms with Gasteiger partial charge in [-0.2, -0.15) is 0 Å². The Morgan fingerprint density at radius 1 is 1.27 bits per heavy atom. The van der Waals surface area contributed by atoms with Crippen LogP contribution in [0.15, 0.2) is 5.29 Å². The predicted octanol–water partition coefficient (Wildman–Crippen LogP) is -0.722. The molecule has 0 aromatic carbocycles. The molecule has 0 atom stereocenters. The van der Waals surface area contributed by atoms with Crippen molar-refractivity contribution in [2.75, 3.05) is 39.3 Å². The van der Waals surface area contributed by atoms with Crippen molar-refractivity contribution in [1.82, 2.24) is 9.91 Å². The first-order valence-electron chi connectivity index (χ1n) is 3.78. The summed E-state index contributed by atoms with van der Waals surface area (Å²) in [5, 5.41) is 12.9. The highest BCUT2D eigenvalue weighted by Gasteiger charge is 2.14. The molecule has 11 heavy (non-hydrogen) atoms. The summed E-state index contributed by atoms with van der Waals surface area (Å²) in [7, 11) is 0. The number of β-amino-alcohol motifs (C(OH)–C–C–N with tert-alkyl or cyclic N) is 1. The van der Waals surface area contributed by atoms with Crippen LogP contribution in [-0.4, -0.2) is 54.3 Å². The van der Waals surface area contributed by atoms with E-state index in [2.05, 4.69) is 10.2 Å². The summed E-state index contributed by atoms with van der Waals surface area (Å²) in [4.78, 5) is 12.1. The number of nitrogens with zero attached hydrogens (tertiary/aromatic N) is 3. The van der Waals surface area contributed by atoms with Gasteiger partial charge in [0.25, 0.3) is 0 Å². The van der Waals surface area contributed by atoms with Crippen LogP contribution in [0.25, 0.3) is 0 Å². The van der Waals surface area contributed by atoms with Gasteiger partial charge in [0.15, 0.2) is 0 Å². The van der Waals surface area contributed by atoms with Crippen LogP contribution in [0.4, 0.5) is 0 Å². The van der Waals surface area contributed by atoms with Gasteiger partial charge in [0.05, 0.1) is 25.0 Å². The maximum atomic E-state index is 10.0. The number of nitroso groups, excluding NO2 is 1. The van der Waals surface area contributed by atoms with Crippen LogP contribution in [0.5, 0.6) is 0 Å². The van der Waals surface area contributed by atoms with E-state index in [1.165, 1.54) is 5.01 Å². The second-order valence-corrected chi connectivity index (χ2v) is 2.60. The van der Waals surface area contributed by atoms with Crippen molar-refractivity contribution < 1.29 is 5.11 Å². The van der Waals surface area contributed by atoms with E-state index in [0.29, 0.717) is 19.6 Å². The molecule has 0 aliphatic carbocycles. The normalized spacial score (nSPS) is 20.3. The second kappa shape index (κ2) is 4.25. The van der Waals surface area contributed by atoms with E-state index in [1.807, 2.05) is 0 Å². The molecule has 5 nitrogen and oxygen atoms in total. The zero-order valence-corrected chi connectivity index (χ0v) is 6.44. The fourth-order valence-corrected chi connectivity index (χ4v) is 1.18. The summed E-state index contributed by atoms with van der Waals surface area (Å²) >= 11 is 0. The van der Waals surface area contributed by atoms with Crippen LogP contribution in [0.2, 0.25) is 0 Å². The molecule has 0 bridgehead atoms. The van der Waals surface area contributed by atoms with Crippen molar-refractivity contribution in [2.45, 2.75) is 0 Å². The molecule has 64 valence electrons. The molecule has 0 amide bonds. The molecule has 0 aromatic heterocycles. The summed E-state index contributed by atoms with van der Waals surface area (Å²) < 4.78 is 0. The lowest BCUT2D eigenvalue weighted by atomic mass is 10.3. The highest BCUT2D eigenvalue weighted by molar-refractivity contribution is 4.68. The predicted molar refractivity (Wildman–Crippen MR) is 40.9 cm³/mol. The van der Waals surface area contributed by atoms with E-state index in [4.69, 9.17) is 5.11 Å². The van der Waals surface area contributed by atoms with Gasteiger partial charge in [0.2, 0.25) is 0 Å². The average Bonchev–Trinajstić information content (AvgIpc) is 2.07. The molecule has 0 aromatic rings. The first-order valence-corrected chi connectivity index (χ1v) is 3.78. The van der Waals surface area contributed by atoms with Crippen LogP contribution in [-0.2, 0) is 0 Å². The van der Waals surface area contributed by atoms with Crippen molar-refractivity contribution in [3.63, 3.8) is 0 Å². The topological polar surface area (TPSA) is 56.1 Å². The third kappa shape index (κ3) is 2.44.